The van der Waals surface area contributed by atoms with E-state index < -0.39 is 5.97 Å². The minimum atomic E-state index is -0.917. The lowest BCUT2D eigenvalue weighted by Crippen LogP contribution is -2.05. The van der Waals surface area contributed by atoms with E-state index in [1.165, 1.54) is 13.2 Å². The molecule has 1 N–H and O–H groups in total. The second-order valence-corrected chi connectivity index (χ2v) is 1.55. The van der Waals surface area contributed by atoms with Crippen LogP contribution in [0.2, 0.25) is 0 Å². The lowest BCUT2D eigenvalue weighted by Gasteiger charge is -1.96. The van der Waals surface area contributed by atoms with Gasteiger partial charge in [0.25, 0.3) is 0 Å². The number of hydrogen-bond donors (Lipinski definition) is 1. The van der Waals surface area contributed by atoms with Crippen LogP contribution in [0.5, 0.6) is 0 Å². The molecule has 0 unspecified atom stereocenters. The average Bonchev–Trinajstić information content (AvgIpc) is 1.82. The topological polar surface area (TPSA) is 46.5 Å². The average molecular weight is 130 g/mol. The first-order chi connectivity index (χ1) is 4.22. The Balaban J connectivity index is 3.85. The van der Waals surface area contributed by atoms with Crippen LogP contribution in [0.25, 0.3) is 0 Å². The number of ether oxygens (including phenoxy) is 1. The number of rotatable bonds is 3. The Bertz CT molecular complexity index is 126. The zero-order valence-electron chi connectivity index (χ0n) is 5.55. The summed E-state index contributed by atoms with van der Waals surface area (Å²) < 4.78 is 4.61. The van der Waals surface area contributed by atoms with Gasteiger partial charge < -0.3 is 9.84 Å². The van der Waals surface area contributed by atoms with E-state index in [0.29, 0.717) is 0 Å². The minimum absolute atomic E-state index is 0.172. The maximum atomic E-state index is 10.2. The molecular weight excluding hydrogens is 120 g/mol. The lowest BCUT2D eigenvalue weighted by molar-refractivity contribution is -0.133. The first-order valence-corrected chi connectivity index (χ1v) is 2.59. The summed E-state index contributed by atoms with van der Waals surface area (Å²) in [7, 11) is 1.46. The summed E-state index contributed by atoms with van der Waals surface area (Å²) in [6, 6.07) is 0. The Kier molecular flexibility index (Phi) is 3.71. The van der Waals surface area contributed by atoms with Crippen LogP contribution >= 0.6 is 0 Å². The van der Waals surface area contributed by atoms with Crippen molar-refractivity contribution in [3.63, 3.8) is 0 Å². The molecule has 0 atom stereocenters. The summed E-state index contributed by atoms with van der Waals surface area (Å²) >= 11 is 0. The van der Waals surface area contributed by atoms with E-state index in [1.807, 2.05) is 0 Å². The molecule has 0 radical (unpaired) electrons. The second-order valence-electron chi connectivity index (χ2n) is 1.55. The third kappa shape index (κ3) is 2.87. The highest BCUT2D eigenvalue weighted by Gasteiger charge is 2.02. The zero-order valence-corrected chi connectivity index (χ0v) is 5.55. The first kappa shape index (κ1) is 8.17. The molecule has 0 saturated heterocycles. The first-order valence-electron chi connectivity index (χ1n) is 2.59. The molecule has 0 heterocycles. The Morgan fingerprint density at radius 2 is 2.33 bits per heavy atom. The fourth-order valence-corrected chi connectivity index (χ4v) is 0.424. The fourth-order valence-electron chi connectivity index (χ4n) is 0.424. The van der Waals surface area contributed by atoms with Gasteiger partial charge in [-0.2, -0.15) is 0 Å². The highest BCUT2D eigenvalue weighted by molar-refractivity contribution is 5.86. The van der Waals surface area contributed by atoms with E-state index in [-0.39, 0.29) is 12.2 Å². The van der Waals surface area contributed by atoms with Gasteiger partial charge in [0.05, 0.1) is 12.2 Å². The number of carbonyl (C=O) groups is 1. The normalized spacial score (nSPS) is 11.6. The molecule has 52 valence electrons. The molecule has 3 heteroatoms. The van der Waals surface area contributed by atoms with Gasteiger partial charge in [-0.05, 0) is 6.92 Å². The number of methoxy groups -OCH3 is 1. The van der Waals surface area contributed by atoms with Crippen molar-refractivity contribution >= 4 is 5.97 Å². The van der Waals surface area contributed by atoms with Crippen molar-refractivity contribution < 1.29 is 14.6 Å². The van der Waals surface area contributed by atoms with Crippen LogP contribution in [0.1, 0.15) is 6.92 Å². The summed E-state index contributed by atoms with van der Waals surface area (Å²) in [6.45, 7) is 1.84. The van der Waals surface area contributed by atoms with Crippen molar-refractivity contribution in [1.82, 2.24) is 0 Å². The standard InChI is InChI=1S/C6H10O3/c1-3-5(4-9-2)6(7)8/h3H,4H2,1-2H3,(H,7,8)/b5-3+. The van der Waals surface area contributed by atoms with E-state index in [9.17, 15) is 4.79 Å². The van der Waals surface area contributed by atoms with Crippen LogP contribution < -0.4 is 0 Å². The molecule has 0 saturated carbocycles. The highest BCUT2D eigenvalue weighted by atomic mass is 16.5. The summed E-state index contributed by atoms with van der Waals surface area (Å²) in [5, 5.41) is 8.36. The van der Waals surface area contributed by atoms with Gasteiger partial charge in [0.2, 0.25) is 0 Å². The van der Waals surface area contributed by atoms with Gasteiger partial charge in [-0.1, -0.05) is 6.08 Å². The minimum Gasteiger partial charge on any atom is -0.478 e. The number of carboxylic acid groups (broad SMARTS) is 1. The summed E-state index contributed by atoms with van der Waals surface area (Å²) in [5.41, 5.74) is 0.289. The molecule has 0 bridgehead atoms. The van der Waals surface area contributed by atoms with Crippen LogP contribution in [0.15, 0.2) is 11.6 Å². The Morgan fingerprint density at radius 3 is 2.44 bits per heavy atom. The van der Waals surface area contributed by atoms with Crippen LogP contribution in [-0.4, -0.2) is 24.8 Å². The molecule has 0 spiro atoms. The number of aliphatic carboxylic acids is 1. The Hall–Kier alpha value is -0.830. The number of hydrogen-bond acceptors (Lipinski definition) is 2. The van der Waals surface area contributed by atoms with Crippen molar-refractivity contribution in [2.75, 3.05) is 13.7 Å². The van der Waals surface area contributed by atoms with Crippen LogP contribution in [-0.2, 0) is 9.53 Å². The molecule has 0 aliphatic rings. The van der Waals surface area contributed by atoms with Gasteiger partial charge in [0.15, 0.2) is 0 Å². The summed E-state index contributed by atoms with van der Waals surface area (Å²) in [5.74, 6) is -0.917. The molecule has 0 amide bonds. The molecular formula is C6H10O3. The largest absolute Gasteiger partial charge is 0.478 e. The summed E-state index contributed by atoms with van der Waals surface area (Å²) in [6.07, 6.45) is 1.52. The van der Waals surface area contributed by atoms with Gasteiger partial charge in [-0.15, -0.1) is 0 Å². The van der Waals surface area contributed by atoms with Crippen molar-refractivity contribution in [3.8, 4) is 0 Å². The molecule has 0 aliphatic carbocycles. The predicted octanol–water partition coefficient (Wildman–Crippen LogP) is 0.664. The third-order valence-corrected chi connectivity index (χ3v) is 0.923. The van der Waals surface area contributed by atoms with E-state index in [1.54, 1.807) is 6.92 Å². The highest BCUT2D eigenvalue weighted by Crippen LogP contribution is 1.92. The number of carboxylic acids is 1. The maximum Gasteiger partial charge on any atom is 0.333 e. The van der Waals surface area contributed by atoms with Crippen LogP contribution in [0.3, 0.4) is 0 Å². The van der Waals surface area contributed by atoms with Gasteiger partial charge >= 0.3 is 5.97 Å². The molecule has 9 heavy (non-hydrogen) atoms. The zero-order chi connectivity index (χ0) is 7.28. The van der Waals surface area contributed by atoms with Crippen LogP contribution in [0, 0.1) is 0 Å². The molecule has 0 aromatic rings. The molecule has 0 fully saturated rings. The van der Waals surface area contributed by atoms with Gasteiger partial charge in [-0.3, -0.25) is 0 Å². The predicted molar refractivity (Wildman–Crippen MR) is 33.3 cm³/mol. The molecule has 0 aromatic carbocycles. The third-order valence-electron chi connectivity index (χ3n) is 0.923. The molecule has 0 aromatic heterocycles. The maximum absolute atomic E-state index is 10.2. The van der Waals surface area contributed by atoms with Gasteiger partial charge in [0.1, 0.15) is 0 Å². The molecule has 3 nitrogen and oxygen atoms in total. The van der Waals surface area contributed by atoms with E-state index in [2.05, 4.69) is 4.74 Å². The van der Waals surface area contributed by atoms with E-state index in [4.69, 9.17) is 5.11 Å². The second kappa shape index (κ2) is 4.09. The quantitative estimate of drug-likeness (QED) is 0.571. The van der Waals surface area contributed by atoms with Crippen molar-refractivity contribution in [2.45, 2.75) is 6.92 Å². The Labute approximate surface area is 53.9 Å². The van der Waals surface area contributed by atoms with Crippen molar-refractivity contribution in [1.29, 1.82) is 0 Å². The van der Waals surface area contributed by atoms with Gasteiger partial charge in [0, 0.05) is 7.11 Å². The number of allylic oxidation sites excluding steroid dienone is 1. The van der Waals surface area contributed by atoms with E-state index in [0.717, 1.165) is 0 Å². The SMILES string of the molecule is C/C=C(\COC)C(=O)O. The Morgan fingerprint density at radius 1 is 1.78 bits per heavy atom. The fraction of sp³-hybridized carbons (Fsp3) is 0.500. The van der Waals surface area contributed by atoms with Crippen molar-refractivity contribution in [2.24, 2.45) is 0 Å². The molecule has 0 rings (SSSR count). The van der Waals surface area contributed by atoms with Crippen LogP contribution in [0.4, 0.5) is 0 Å². The summed E-state index contributed by atoms with van der Waals surface area (Å²) in [4.78, 5) is 10.2. The van der Waals surface area contributed by atoms with E-state index >= 15 is 0 Å². The molecule has 0 aliphatic heterocycles. The van der Waals surface area contributed by atoms with Crippen molar-refractivity contribution in [3.05, 3.63) is 11.6 Å². The lowest BCUT2D eigenvalue weighted by atomic mass is 10.3. The smallest absolute Gasteiger partial charge is 0.333 e. The monoisotopic (exact) mass is 130 g/mol. The van der Waals surface area contributed by atoms with Gasteiger partial charge in [-0.25, -0.2) is 4.79 Å².